The topological polar surface area (TPSA) is 49.4 Å². The van der Waals surface area contributed by atoms with Gasteiger partial charge in [0.05, 0.1) is 12.5 Å². The number of hydrogen-bond donors (Lipinski definition) is 1. The van der Waals surface area contributed by atoms with Gasteiger partial charge in [-0.1, -0.05) is 31.9 Å². The van der Waals surface area contributed by atoms with Gasteiger partial charge in [-0.25, -0.2) is 0 Å². The largest absolute Gasteiger partial charge is 0.345 e. The quantitative estimate of drug-likeness (QED) is 0.859. The van der Waals surface area contributed by atoms with Gasteiger partial charge in [-0.3, -0.25) is 9.59 Å². The molecule has 0 aliphatic carbocycles. The molecule has 2 rings (SSSR count). The summed E-state index contributed by atoms with van der Waals surface area (Å²) in [6.07, 6.45) is 5.36. The zero-order valence-corrected chi connectivity index (χ0v) is 12.4. The van der Waals surface area contributed by atoms with Crippen LogP contribution < -0.4 is 10.2 Å². The SMILES string of the molecule is C#CCNC(=O)C1CC(=O)N(c2cccc(C(C)C)c2)C1. The first-order chi connectivity index (χ1) is 10.0. The highest BCUT2D eigenvalue weighted by molar-refractivity contribution is 6.00. The molecule has 4 nitrogen and oxygen atoms in total. The van der Waals surface area contributed by atoms with Crippen molar-refractivity contribution >= 4 is 17.5 Å². The number of nitrogens with zero attached hydrogens (tertiary/aromatic N) is 1. The molecular weight excluding hydrogens is 264 g/mol. The molecule has 1 aliphatic heterocycles. The van der Waals surface area contributed by atoms with E-state index in [1.54, 1.807) is 4.90 Å². The number of terminal acetylenes is 1. The second-order valence-corrected chi connectivity index (χ2v) is 5.58. The molecule has 110 valence electrons. The average Bonchev–Trinajstić information content (AvgIpc) is 2.87. The van der Waals surface area contributed by atoms with Gasteiger partial charge in [0.2, 0.25) is 11.8 Å². The smallest absolute Gasteiger partial charge is 0.227 e. The Labute approximate surface area is 125 Å². The molecule has 0 radical (unpaired) electrons. The van der Waals surface area contributed by atoms with Crippen molar-refractivity contribution in [1.29, 1.82) is 0 Å². The van der Waals surface area contributed by atoms with Crippen molar-refractivity contribution in [2.45, 2.75) is 26.2 Å². The van der Waals surface area contributed by atoms with Crippen molar-refractivity contribution < 1.29 is 9.59 Å². The maximum absolute atomic E-state index is 12.2. The first-order valence-corrected chi connectivity index (χ1v) is 7.14. The van der Waals surface area contributed by atoms with E-state index in [2.05, 4.69) is 25.1 Å². The summed E-state index contributed by atoms with van der Waals surface area (Å²) in [5.41, 5.74) is 2.04. The molecule has 0 aromatic heterocycles. The maximum atomic E-state index is 12.2. The fourth-order valence-electron chi connectivity index (χ4n) is 2.47. The summed E-state index contributed by atoms with van der Waals surface area (Å²) < 4.78 is 0. The molecule has 1 heterocycles. The van der Waals surface area contributed by atoms with Gasteiger partial charge < -0.3 is 10.2 Å². The van der Waals surface area contributed by atoms with Crippen molar-refractivity contribution in [1.82, 2.24) is 5.32 Å². The van der Waals surface area contributed by atoms with Crippen LogP contribution in [0, 0.1) is 18.3 Å². The Balaban J connectivity index is 2.11. The minimum atomic E-state index is -0.325. The number of rotatable bonds is 4. The van der Waals surface area contributed by atoms with E-state index < -0.39 is 0 Å². The van der Waals surface area contributed by atoms with E-state index in [0.29, 0.717) is 12.5 Å². The number of carbonyl (C=O) groups excluding carboxylic acids is 2. The van der Waals surface area contributed by atoms with Crippen LogP contribution in [-0.4, -0.2) is 24.9 Å². The minimum absolute atomic E-state index is 0.0169. The molecule has 1 aromatic rings. The van der Waals surface area contributed by atoms with Crippen molar-refractivity contribution in [3.63, 3.8) is 0 Å². The lowest BCUT2D eigenvalue weighted by Crippen LogP contribution is -2.33. The van der Waals surface area contributed by atoms with Gasteiger partial charge in [-0.05, 0) is 23.6 Å². The number of amides is 2. The Morgan fingerprint density at radius 2 is 2.29 bits per heavy atom. The second kappa shape index (κ2) is 6.45. The van der Waals surface area contributed by atoms with Gasteiger partial charge in [0, 0.05) is 18.7 Å². The van der Waals surface area contributed by atoms with Crippen LogP contribution in [0.4, 0.5) is 5.69 Å². The molecule has 0 bridgehead atoms. The zero-order chi connectivity index (χ0) is 15.4. The van der Waals surface area contributed by atoms with E-state index in [1.165, 1.54) is 5.56 Å². The molecular formula is C17H20N2O2. The number of nitrogens with one attached hydrogen (secondary N) is 1. The molecule has 1 N–H and O–H groups in total. The molecule has 1 saturated heterocycles. The molecule has 1 unspecified atom stereocenters. The Morgan fingerprint density at radius 3 is 2.95 bits per heavy atom. The second-order valence-electron chi connectivity index (χ2n) is 5.58. The fourth-order valence-corrected chi connectivity index (χ4v) is 2.47. The molecule has 2 amide bonds. The van der Waals surface area contributed by atoms with Crippen LogP contribution in [0.15, 0.2) is 24.3 Å². The summed E-state index contributed by atoms with van der Waals surface area (Å²) in [5.74, 6) is 2.27. The highest BCUT2D eigenvalue weighted by Gasteiger charge is 2.34. The molecule has 21 heavy (non-hydrogen) atoms. The van der Waals surface area contributed by atoms with E-state index in [9.17, 15) is 9.59 Å². The predicted molar refractivity (Wildman–Crippen MR) is 82.8 cm³/mol. The van der Waals surface area contributed by atoms with Crippen molar-refractivity contribution in [2.24, 2.45) is 5.92 Å². The molecule has 0 saturated carbocycles. The Morgan fingerprint density at radius 1 is 1.52 bits per heavy atom. The third kappa shape index (κ3) is 3.43. The van der Waals surface area contributed by atoms with E-state index in [1.807, 2.05) is 24.3 Å². The summed E-state index contributed by atoms with van der Waals surface area (Å²) >= 11 is 0. The summed E-state index contributed by atoms with van der Waals surface area (Å²) in [5, 5.41) is 2.64. The van der Waals surface area contributed by atoms with Crippen LogP contribution in [0.3, 0.4) is 0 Å². The summed E-state index contributed by atoms with van der Waals surface area (Å²) in [4.78, 5) is 25.8. The summed E-state index contributed by atoms with van der Waals surface area (Å²) in [7, 11) is 0. The van der Waals surface area contributed by atoms with Gasteiger partial charge in [-0.15, -0.1) is 6.42 Å². The van der Waals surface area contributed by atoms with Crippen LogP contribution in [0.25, 0.3) is 0 Å². The van der Waals surface area contributed by atoms with Crippen LogP contribution in [0.1, 0.15) is 31.7 Å². The minimum Gasteiger partial charge on any atom is -0.345 e. The maximum Gasteiger partial charge on any atom is 0.227 e. The number of anilines is 1. The lowest BCUT2D eigenvalue weighted by molar-refractivity contribution is -0.126. The molecule has 1 atom stereocenters. The van der Waals surface area contributed by atoms with Gasteiger partial charge in [-0.2, -0.15) is 0 Å². The van der Waals surface area contributed by atoms with E-state index in [4.69, 9.17) is 6.42 Å². The third-order valence-electron chi connectivity index (χ3n) is 3.71. The number of carbonyl (C=O) groups is 2. The Kier molecular flexibility index (Phi) is 4.64. The van der Waals surface area contributed by atoms with Gasteiger partial charge >= 0.3 is 0 Å². The summed E-state index contributed by atoms with van der Waals surface area (Å²) in [6, 6.07) is 7.92. The van der Waals surface area contributed by atoms with Gasteiger partial charge in [0.15, 0.2) is 0 Å². The predicted octanol–water partition coefficient (Wildman–Crippen LogP) is 1.91. The van der Waals surface area contributed by atoms with Crippen LogP contribution >= 0.6 is 0 Å². The van der Waals surface area contributed by atoms with Crippen molar-refractivity contribution in [3.8, 4) is 12.3 Å². The first kappa shape index (κ1) is 15.1. The van der Waals surface area contributed by atoms with Crippen LogP contribution in [-0.2, 0) is 9.59 Å². The van der Waals surface area contributed by atoms with Crippen LogP contribution in [0.2, 0.25) is 0 Å². The average molecular weight is 284 g/mol. The Hall–Kier alpha value is -2.28. The van der Waals surface area contributed by atoms with E-state index >= 15 is 0 Å². The van der Waals surface area contributed by atoms with Crippen LogP contribution in [0.5, 0.6) is 0 Å². The fraction of sp³-hybridized carbons (Fsp3) is 0.412. The third-order valence-corrected chi connectivity index (χ3v) is 3.71. The Bertz CT molecular complexity index is 587. The zero-order valence-electron chi connectivity index (χ0n) is 12.4. The van der Waals surface area contributed by atoms with E-state index in [0.717, 1.165) is 5.69 Å². The lowest BCUT2D eigenvalue weighted by Gasteiger charge is -2.18. The summed E-state index contributed by atoms with van der Waals surface area (Å²) in [6.45, 7) is 4.84. The number of hydrogen-bond acceptors (Lipinski definition) is 2. The van der Waals surface area contributed by atoms with E-state index in [-0.39, 0.29) is 30.7 Å². The van der Waals surface area contributed by atoms with Crippen molar-refractivity contribution in [3.05, 3.63) is 29.8 Å². The molecule has 0 spiro atoms. The highest BCUT2D eigenvalue weighted by atomic mass is 16.2. The number of benzene rings is 1. The first-order valence-electron chi connectivity index (χ1n) is 7.14. The highest BCUT2D eigenvalue weighted by Crippen LogP contribution is 2.27. The monoisotopic (exact) mass is 284 g/mol. The molecule has 1 fully saturated rings. The molecule has 1 aromatic carbocycles. The van der Waals surface area contributed by atoms with Crippen molar-refractivity contribution in [2.75, 3.05) is 18.0 Å². The standard InChI is InChI=1S/C17H20N2O2/c1-4-8-18-17(21)14-10-16(20)19(11-14)15-7-5-6-13(9-15)12(2)3/h1,5-7,9,12,14H,8,10-11H2,2-3H3,(H,18,21). The molecule has 4 heteroatoms. The molecule has 1 aliphatic rings. The van der Waals surface area contributed by atoms with Gasteiger partial charge in [0.25, 0.3) is 0 Å². The van der Waals surface area contributed by atoms with Gasteiger partial charge in [0.1, 0.15) is 0 Å². The lowest BCUT2D eigenvalue weighted by atomic mass is 10.0. The normalized spacial score (nSPS) is 17.9.